The van der Waals surface area contributed by atoms with Gasteiger partial charge < -0.3 is 4.42 Å². The Hall–Kier alpha value is -1.82. The SMILES string of the molecule is N#CC1(c2cc3ncccc3o2)CC1. The second-order valence-corrected chi connectivity index (χ2v) is 3.69. The summed E-state index contributed by atoms with van der Waals surface area (Å²) in [5.74, 6) is 0.772. The Morgan fingerprint density at radius 1 is 1.50 bits per heavy atom. The molecule has 0 atom stereocenters. The van der Waals surface area contributed by atoms with Gasteiger partial charge in [0.2, 0.25) is 0 Å². The van der Waals surface area contributed by atoms with Gasteiger partial charge in [-0.3, -0.25) is 4.98 Å². The van der Waals surface area contributed by atoms with Gasteiger partial charge in [-0.05, 0) is 25.0 Å². The number of nitriles is 1. The van der Waals surface area contributed by atoms with Crippen LogP contribution in [0, 0.1) is 11.3 Å². The van der Waals surface area contributed by atoms with Crippen LogP contribution in [0.5, 0.6) is 0 Å². The van der Waals surface area contributed by atoms with Crippen LogP contribution in [0.4, 0.5) is 0 Å². The molecule has 2 aromatic rings. The van der Waals surface area contributed by atoms with Gasteiger partial charge in [-0.15, -0.1) is 0 Å². The van der Waals surface area contributed by atoms with Crippen molar-refractivity contribution in [3.63, 3.8) is 0 Å². The van der Waals surface area contributed by atoms with E-state index in [1.54, 1.807) is 6.20 Å². The molecule has 0 spiro atoms. The first-order chi connectivity index (χ1) is 6.84. The van der Waals surface area contributed by atoms with Crippen LogP contribution in [0.2, 0.25) is 0 Å². The maximum atomic E-state index is 9.00. The summed E-state index contributed by atoms with van der Waals surface area (Å²) in [7, 11) is 0. The van der Waals surface area contributed by atoms with Crippen LogP contribution in [0.1, 0.15) is 18.6 Å². The first-order valence-electron chi connectivity index (χ1n) is 4.60. The Kier molecular flexibility index (Phi) is 1.27. The summed E-state index contributed by atoms with van der Waals surface area (Å²) in [5, 5.41) is 9.00. The van der Waals surface area contributed by atoms with Crippen LogP contribution in [0.3, 0.4) is 0 Å². The number of pyridine rings is 1. The van der Waals surface area contributed by atoms with Crippen LogP contribution in [-0.2, 0) is 5.41 Å². The predicted molar refractivity (Wildman–Crippen MR) is 50.5 cm³/mol. The zero-order chi connectivity index (χ0) is 9.60. The minimum atomic E-state index is -0.347. The summed E-state index contributed by atoms with van der Waals surface area (Å²) >= 11 is 0. The molecule has 0 N–H and O–H groups in total. The van der Waals surface area contributed by atoms with Crippen molar-refractivity contribution >= 4 is 11.1 Å². The van der Waals surface area contributed by atoms with Crippen LogP contribution in [0.15, 0.2) is 28.8 Å². The van der Waals surface area contributed by atoms with Crippen molar-refractivity contribution < 1.29 is 4.42 Å². The zero-order valence-corrected chi connectivity index (χ0v) is 7.53. The number of hydrogen-bond donors (Lipinski definition) is 0. The van der Waals surface area contributed by atoms with Crippen LogP contribution >= 0.6 is 0 Å². The highest BCUT2D eigenvalue weighted by molar-refractivity contribution is 5.73. The molecule has 14 heavy (non-hydrogen) atoms. The molecule has 0 aromatic carbocycles. The summed E-state index contributed by atoms with van der Waals surface area (Å²) < 4.78 is 5.60. The summed E-state index contributed by atoms with van der Waals surface area (Å²) in [6, 6.07) is 7.90. The lowest BCUT2D eigenvalue weighted by molar-refractivity contribution is 0.522. The smallest absolute Gasteiger partial charge is 0.152 e. The summed E-state index contributed by atoms with van der Waals surface area (Å²) in [6.45, 7) is 0. The molecule has 1 aliphatic carbocycles. The van der Waals surface area contributed by atoms with E-state index < -0.39 is 0 Å². The molecule has 68 valence electrons. The molecule has 2 heterocycles. The van der Waals surface area contributed by atoms with Gasteiger partial charge in [0.05, 0.1) is 6.07 Å². The average molecular weight is 184 g/mol. The van der Waals surface area contributed by atoms with E-state index in [9.17, 15) is 0 Å². The average Bonchev–Trinajstić information content (AvgIpc) is 2.91. The van der Waals surface area contributed by atoms with Crippen molar-refractivity contribution in [3.05, 3.63) is 30.2 Å². The number of nitrogens with zero attached hydrogens (tertiary/aromatic N) is 2. The van der Waals surface area contributed by atoms with Crippen molar-refractivity contribution in [3.8, 4) is 6.07 Å². The zero-order valence-electron chi connectivity index (χ0n) is 7.53. The van der Waals surface area contributed by atoms with Gasteiger partial charge in [-0.2, -0.15) is 5.26 Å². The maximum absolute atomic E-state index is 9.00. The minimum absolute atomic E-state index is 0.347. The van der Waals surface area contributed by atoms with Crippen LogP contribution < -0.4 is 0 Å². The Morgan fingerprint density at radius 2 is 2.36 bits per heavy atom. The molecule has 0 bridgehead atoms. The molecule has 0 unspecified atom stereocenters. The Labute approximate surface area is 81.0 Å². The number of rotatable bonds is 1. The molecule has 2 aromatic heterocycles. The van der Waals surface area contributed by atoms with E-state index in [1.807, 2.05) is 18.2 Å². The number of aromatic nitrogens is 1. The topological polar surface area (TPSA) is 49.8 Å². The van der Waals surface area contributed by atoms with Gasteiger partial charge in [0.25, 0.3) is 0 Å². The fourth-order valence-corrected chi connectivity index (χ4v) is 1.64. The van der Waals surface area contributed by atoms with Crippen molar-refractivity contribution in [2.24, 2.45) is 0 Å². The van der Waals surface area contributed by atoms with E-state index >= 15 is 0 Å². The molecule has 3 rings (SSSR count). The fourth-order valence-electron chi connectivity index (χ4n) is 1.64. The first kappa shape index (κ1) is 7.57. The number of furan rings is 1. The monoisotopic (exact) mass is 184 g/mol. The lowest BCUT2D eigenvalue weighted by atomic mass is 10.1. The molecule has 0 saturated heterocycles. The molecule has 0 amide bonds. The highest BCUT2D eigenvalue weighted by atomic mass is 16.3. The molecule has 1 fully saturated rings. The third-order valence-corrected chi connectivity index (χ3v) is 2.72. The van der Waals surface area contributed by atoms with E-state index in [4.69, 9.17) is 9.68 Å². The van der Waals surface area contributed by atoms with Gasteiger partial charge in [0.15, 0.2) is 5.58 Å². The molecule has 1 saturated carbocycles. The highest BCUT2D eigenvalue weighted by Gasteiger charge is 2.48. The van der Waals surface area contributed by atoms with Crippen LogP contribution in [0.25, 0.3) is 11.1 Å². The second-order valence-electron chi connectivity index (χ2n) is 3.69. The summed E-state index contributed by atoms with van der Waals surface area (Å²) in [6.07, 6.45) is 3.54. The molecule has 3 heteroatoms. The molecule has 0 aliphatic heterocycles. The van der Waals surface area contributed by atoms with Gasteiger partial charge in [-0.25, -0.2) is 0 Å². The summed E-state index contributed by atoms with van der Waals surface area (Å²) in [4.78, 5) is 4.17. The van der Waals surface area contributed by atoms with Gasteiger partial charge in [0.1, 0.15) is 16.7 Å². The standard InChI is InChI=1S/C11H8N2O/c12-7-11(3-4-11)10-6-8-9(14-10)2-1-5-13-8/h1-2,5-6H,3-4H2. The van der Waals surface area contributed by atoms with E-state index in [1.165, 1.54) is 0 Å². The minimum Gasteiger partial charge on any atom is -0.458 e. The van der Waals surface area contributed by atoms with Crippen molar-refractivity contribution in [1.29, 1.82) is 5.26 Å². The molecule has 1 aliphatic rings. The number of fused-ring (bicyclic) bond motifs is 1. The Morgan fingerprint density at radius 3 is 3.00 bits per heavy atom. The third kappa shape index (κ3) is 0.882. The summed E-state index contributed by atoms with van der Waals surface area (Å²) in [5.41, 5.74) is 1.26. The highest BCUT2D eigenvalue weighted by Crippen LogP contribution is 2.48. The molecule has 0 radical (unpaired) electrons. The quantitative estimate of drug-likeness (QED) is 0.683. The van der Waals surface area contributed by atoms with E-state index in [2.05, 4.69) is 11.1 Å². The second kappa shape index (κ2) is 2.36. The Bertz CT molecular complexity index is 498. The fraction of sp³-hybridized carbons (Fsp3) is 0.273. The van der Waals surface area contributed by atoms with E-state index in [0.717, 1.165) is 29.7 Å². The van der Waals surface area contributed by atoms with Gasteiger partial charge in [-0.1, -0.05) is 0 Å². The lowest BCUT2D eigenvalue weighted by Gasteiger charge is -1.97. The van der Waals surface area contributed by atoms with Crippen molar-refractivity contribution in [2.75, 3.05) is 0 Å². The van der Waals surface area contributed by atoms with Gasteiger partial charge in [0, 0.05) is 12.3 Å². The lowest BCUT2D eigenvalue weighted by Crippen LogP contribution is -1.99. The maximum Gasteiger partial charge on any atom is 0.152 e. The molecular formula is C11H8N2O. The number of hydrogen-bond acceptors (Lipinski definition) is 3. The Balaban J connectivity index is 2.21. The van der Waals surface area contributed by atoms with Crippen molar-refractivity contribution in [1.82, 2.24) is 4.98 Å². The van der Waals surface area contributed by atoms with Crippen molar-refractivity contribution in [2.45, 2.75) is 18.3 Å². The third-order valence-electron chi connectivity index (χ3n) is 2.72. The van der Waals surface area contributed by atoms with Gasteiger partial charge >= 0.3 is 0 Å². The van der Waals surface area contributed by atoms with E-state index in [-0.39, 0.29) is 5.41 Å². The first-order valence-corrected chi connectivity index (χ1v) is 4.60. The molecule has 3 nitrogen and oxygen atoms in total. The largest absolute Gasteiger partial charge is 0.458 e. The van der Waals surface area contributed by atoms with E-state index in [0.29, 0.717) is 0 Å². The van der Waals surface area contributed by atoms with Crippen LogP contribution in [-0.4, -0.2) is 4.98 Å². The molecular weight excluding hydrogens is 176 g/mol. The predicted octanol–water partition coefficient (Wildman–Crippen LogP) is 2.38. The normalized spacial score (nSPS) is 17.9.